The maximum absolute atomic E-state index is 6.21. The van der Waals surface area contributed by atoms with Gasteiger partial charge in [-0.1, -0.05) is 30.3 Å². The van der Waals surface area contributed by atoms with Crippen LogP contribution in [0.25, 0.3) is 6.08 Å². The molecule has 156 valence electrons. The molecule has 30 heavy (non-hydrogen) atoms. The number of aromatic nitrogens is 8. The molecule has 0 unspecified atom stereocenters. The van der Waals surface area contributed by atoms with Crippen LogP contribution in [-0.4, -0.2) is 58.4 Å². The van der Waals surface area contributed by atoms with Gasteiger partial charge in [0.1, 0.15) is 5.82 Å². The van der Waals surface area contributed by atoms with Crippen LogP contribution in [0.2, 0.25) is 5.02 Å². The molecule has 0 bridgehead atoms. The van der Waals surface area contributed by atoms with Gasteiger partial charge in [0.15, 0.2) is 5.82 Å². The van der Waals surface area contributed by atoms with E-state index in [2.05, 4.69) is 54.6 Å². The largest absolute Gasteiger partial charge is 0.372 e. The Morgan fingerprint density at radius 1 is 1.20 bits per heavy atom. The monoisotopic (exact) mass is 425 g/mol. The minimum Gasteiger partial charge on any atom is -0.372 e. The number of piperidine rings is 1. The van der Waals surface area contributed by atoms with E-state index >= 15 is 0 Å². The number of tetrazole rings is 2. The Kier molecular flexibility index (Phi) is 5.89. The van der Waals surface area contributed by atoms with Gasteiger partial charge in [0, 0.05) is 23.8 Å². The van der Waals surface area contributed by atoms with E-state index in [0.717, 1.165) is 48.6 Å². The van der Waals surface area contributed by atoms with Crippen molar-refractivity contribution in [2.45, 2.75) is 39.3 Å². The van der Waals surface area contributed by atoms with E-state index in [0.29, 0.717) is 23.4 Å². The minimum absolute atomic E-state index is 0.342. The van der Waals surface area contributed by atoms with E-state index in [1.54, 1.807) is 4.80 Å². The Morgan fingerprint density at radius 3 is 2.67 bits per heavy atom. The van der Waals surface area contributed by atoms with Crippen molar-refractivity contribution in [3.63, 3.8) is 0 Å². The van der Waals surface area contributed by atoms with Crippen molar-refractivity contribution in [3.05, 3.63) is 64.3 Å². The number of nitrogens with zero attached hydrogens (tertiary/aromatic N) is 9. The van der Waals surface area contributed by atoms with Gasteiger partial charge in [-0.15, -0.1) is 15.3 Å². The van der Waals surface area contributed by atoms with Gasteiger partial charge >= 0.3 is 0 Å². The lowest BCUT2D eigenvalue weighted by atomic mass is 10.0. The van der Waals surface area contributed by atoms with Gasteiger partial charge in [-0.3, -0.25) is 0 Å². The molecule has 0 atom stereocenters. The zero-order valence-corrected chi connectivity index (χ0v) is 17.9. The SMILES string of the molecule is C=C(/C=C/c1ccc(Cl)cc1Cn1nnc(C)n1)N1CCC(n2nnnc2C)CC1. The van der Waals surface area contributed by atoms with Crippen molar-refractivity contribution in [1.29, 1.82) is 0 Å². The predicted octanol–water partition coefficient (Wildman–Crippen LogP) is 2.84. The van der Waals surface area contributed by atoms with E-state index in [4.69, 9.17) is 11.6 Å². The zero-order valence-electron chi connectivity index (χ0n) is 17.1. The fraction of sp³-hybridized carbons (Fsp3) is 0.400. The molecule has 1 saturated heterocycles. The van der Waals surface area contributed by atoms with Crippen LogP contribution < -0.4 is 0 Å². The van der Waals surface area contributed by atoms with Crippen molar-refractivity contribution >= 4 is 17.7 Å². The highest BCUT2D eigenvalue weighted by Gasteiger charge is 2.22. The van der Waals surface area contributed by atoms with Gasteiger partial charge in [-0.2, -0.15) is 4.80 Å². The number of allylic oxidation sites excluding steroid dienone is 1. The van der Waals surface area contributed by atoms with Crippen molar-refractivity contribution in [2.75, 3.05) is 13.1 Å². The smallest absolute Gasteiger partial charge is 0.171 e. The molecule has 10 heteroatoms. The molecule has 0 N–H and O–H groups in total. The molecule has 2 aromatic heterocycles. The van der Waals surface area contributed by atoms with Gasteiger partial charge in [-0.25, -0.2) is 4.68 Å². The van der Waals surface area contributed by atoms with Crippen molar-refractivity contribution < 1.29 is 0 Å². The maximum Gasteiger partial charge on any atom is 0.171 e. The maximum atomic E-state index is 6.21. The van der Waals surface area contributed by atoms with E-state index < -0.39 is 0 Å². The summed E-state index contributed by atoms with van der Waals surface area (Å²) in [6, 6.07) is 6.16. The molecule has 0 aliphatic carbocycles. The minimum atomic E-state index is 0.342. The van der Waals surface area contributed by atoms with E-state index in [-0.39, 0.29) is 0 Å². The zero-order chi connectivity index (χ0) is 21.1. The molecular weight excluding hydrogens is 402 g/mol. The number of hydrogen-bond acceptors (Lipinski definition) is 7. The Balaban J connectivity index is 1.41. The summed E-state index contributed by atoms with van der Waals surface area (Å²) in [5.41, 5.74) is 3.06. The summed E-state index contributed by atoms with van der Waals surface area (Å²) in [4.78, 5) is 3.86. The number of aryl methyl sites for hydroxylation is 2. The standard InChI is InChI=1S/C20H24ClN9/c1-14(28-10-8-20(9-11-28)30-16(3)23-25-27-30)4-5-17-6-7-19(21)12-18(17)13-29-24-15(2)22-26-29/h4-7,12,20H,1,8-11,13H2,2-3H3/b5-4+. The van der Waals surface area contributed by atoms with E-state index in [1.165, 1.54) is 0 Å². The Bertz CT molecular complexity index is 1060. The molecule has 4 rings (SSSR count). The molecule has 3 aromatic rings. The second-order valence-electron chi connectivity index (χ2n) is 7.42. The molecule has 0 spiro atoms. The van der Waals surface area contributed by atoms with Crippen molar-refractivity contribution in [3.8, 4) is 0 Å². The summed E-state index contributed by atoms with van der Waals surface area (Å²) >= 11 is 6.21. The number of halogens is 1. The Morgan fingerprint density at radius 2 is 2.00 bits per heavy atom. The molecule has 1 aromatic carbocycles. The predicted molar refractivity (Wildman–Crippen MR) is 114 cm³/mol. The lowest BCUT2D eigenvalue weighted by Crippen LogP contribution is -2.34. The van der Waals surface area contributed by atoms with Crippen LogP contribution in [0.5, 0.6) is 0 Å². The first-order valence-corrected chi connectivity index (χ1v) is 10.3. The molecule has 1 fully saturated rings. The molecule has 3 heterocycles. The lowest BCUT2D eigenvalue weighted by Gasteiger charge is -2.33. The van der Waals surface area contributed by atoms with Crippen LogP contribution in [-0.2, 0) is 6.54 Å². The van der Waals surface area contributed by atoms with Crippen molar-refractivity contribution in [1.82, 2.24) is 45.3 Å². The average Bonchev–Trinajstić information content (AvgIpc) is 3.35. The van der Waals surface area contributed by atoms with Crippen LogP contribution in [0.3, 0.4) is 0 Å². The summed E-state index contributed by atoms with van der Waals surface area (Å²) in [5, 5.41) is 24.8. The topological polar surface area (TPSA) is 90.4 Å². The molecule has 1 aliphatic rings. The fourth-order valence-corrected chi connectivity index (χ4v) is 3.88. The van der Waals surface area contributed by atoms with Crippen molar-refractivity contribution in [2.24, 2.45) is 0 Å². The summed E-state index contributed by atoms with van der Waals surface area (Å²) in [6.45, 7) is 10.4. The molecule has 0 saturated carbocycles. The fourth-order valence-electron chi connectivity index (χ4n) is 3.68. The Labute approximate surface area is 180 Å². The molecule has 0 radical (unpaired) electrons. The van der Waals surface area contributed by atoms with Crippen LogP contribution in [0.15, 0.2) is 36.6 Å². The van der Waals surface area contributed by atoms with Gasteiger partial charge in [0.25, 0.3) is 0 Å². The third-order valence-electron chi connectivity index (χ3n) is 5.30. The van der Waals surface area contributed by atoms with Crippen LogP contribution in [0.1, 0.15) is 41.7 Å². The van der Waals surface area contributed by atoms with Gasteiger partial charge in [0.2, 0.25) is 0 Å². The first-order chi connectivity index (χ1) is 14.5. The van der Waals surface area contributed by atoms with E-state index in [9.17, 15) is 0 Å². The second-order valence-corrected chi connectivity index (χ2v) is 7.86. The van der Waals surface area contributed by atoms with E-state index in [1.807, 2.05) is 36.7 Å². The highest BCUT2D eigenvalue weighted by atomic mass is 35.5. The van der Waals surface area contributed by atoms with Crippen LogP contribution >= 0.6 is 11.6 Å². The van der Waals surface area contributed by atoms with Crippen LogP contribution in [0, 0.1) is 13.8 Å². The quantitative estimate of drug-likeness (QED) is 0.561. The number of likely N-dealkylation sites (tertiary alicyclic amines) is 1. The molecule has 0 amide bonds. The molecular formula is C20H24ClN9. The Hall–Kier alpha value is -3.07. The van der Waals surface area contributed by atoms with Crippen LogP contribution in [0.4, 0.5) is 0 Å². The van der Waals surface area contributed by atoms with Gasteiger partial charge < -0.3 is 4.90 Å². The highest BCUT2D eigenvalue weighted by molar-refractivity contribution is 6.30. The summed E-state index contributed by atoms with van der Waals surface area (Å²) < 4.78 is 1.93. The number of benzene rings is 1. The summed E-state index contributed by atoms with van der Waals surface area (Å²) in [6.07, 6.45) is 6.09. The summed E-state index contributed by atoms with van der Waals surface area (Å²) in [5.74, 6) is 1.50. The van der Waals surface area contributed by atoms with Gasteiger partial charge in [0.05, 0.1) is 12.6 Å². The third kappa shape index (κ3) is 4.56. The number of rotatable bonds is 6. The average molecular weight is 426 g/mol. The summed E-state index contributed by atoms with van der Waals surface area (Å²) in [7, 11) is 0. The first kappa shape index (κ1) is 20.2. The third-order valence-corrected chi connectivity index (χ3v) is 5.53. The normalized spacial score (nSPS) is 15.2. The lowest BCUT2D eigenvalue weighted by molar-refractivity contribution is 0.220. The molecule has 9 nitrogen and oxygen atoms in total. The molecule has 1 aliphatic heterocycles. The first-order valence-electron chi connectivity index (χ1n) is 9.89. The number of hydrogen-bond donors (Lipinski definition) is 0. The van der Waals surface area contributed by atoms with Gasteiger partial charge in [-0.05, 0) is 71.7 Å². The second kappa shape index (κ2) is 8.74. The highest BCUT2D eigenvalue weighted by Crippen LogP contribution is 2.25.